The van der Waals surface area contributed by atoms with Gasteiger partial charge in [-0.05, 0) is 136 Å². The van der Waals surface area contributed by atoms with E-state index in [1.165, 1.54) is 43.2 Å². The molecule has 4 aliphatic carbocycles. The van der Waals surface area contributed by atoms with Crippen LogP contribution >= 0.6 is 0 Å². The van der Waals surface area contributed by atoms with Crippen LogP contribution in [-0.2, 0) is 0 Å². The van der Waals surface area contributed by atoms with E-state index in [0.717, 1.165) is 47.3 Å². The van der Waals surface area contributed by atoms with Crippen molar-refractivity contribution in [3.63, 3.8) is 0 Å². The summed E-state index contributed by atoms with van der Waals surface area (Å²) in [6.07, 6.45) is 17.4. The highest BCUT2D eigenvalue weighted by Gasteiger charge is 2.57. The quantitative estimate of drug-likeness (QED) is 0.417. The molecule has 9 atom stereocenters. The minimum atomic E-state index is 0.599. The van der Waals surface area contributed by atoms with Gasteiger partial charge in [-0.25, -0.2) is 0 Å². The molecule has 4 fully saturated rings. The van der Waals surface area contributed by atoms with Crippen molar-refractivity contribution in [2.45, 2.75) is 113 Å². The van der Waals surface area contributed by atoms with Gasteiger partial charge in [0, 0.05) is 0 Å². The van der Waals surface area contributed by atoms with Crippen LogP contribution in [0.15, 0.2) is 30.3 Å². The van der Waals surface area contributed by atoms with Gasteiger partial charge in [-0.2, -0.15) is 0 Å². The SMILES string of the molecule is CC.CC=C(CC(C)C1CC[C@H]2[C@@H]3CCC4C[C@@H](C)CC[C@@H]4[C@H]3CCC12C)c1ccc(C)cc1. The molecule has 0 heterocycles. The highest BCUT2D eigenvalue weighted by Crippen LogP contribution is 2.65. The summed E-state index contributed by atoms with van der Waals surface area (Å²) in [4.78, 5) is 0. The molecule has 4 saturated carbocycles. The van der Waals surface area contributed by atoms with Crippen molar-refractivity contribution in [1.29, 1.82) is 0 Å². The zero-order chi connectivity index (χ0) is 24.5. The molecule has 0 heteroatoms. The average molecular weight is 463 g/mol. The molecule has 190 valence electrons. The zero-order valence-corrected chi connectivity index (χ0v) is 23.6. The Morgan fingerprint density at radius 1 is 0.941 bits per heavy atom. The van der Waals surface area contributed by atoms with Crippen molar-refractivity contribution in [2.75, 3.05) is 0 Å². The monoisotopic (exact) mass is 462 g/mol. The number of rotatable bonds is 4. The Hall–Kier alpha value is -1.04. The molecule has 4 unspecified atom stereocenters. The third kappa shape index (κ3) is 4.82. The van der Waals surface area contributed by atoms with E-state index in [2.05, 4.69) is 65.0 Å². The van der Waals surface area contributed by atoms with Crippen LogP contribution in [0.25, 0.3) is 5.57 Å². The Morgan fingerprint density at radius 2 is 1.65 bits per heavy atom. The van der Waals surface area contributed by atoms with Crippen LogP contribution in [0.1, 0.15) is 117 Å². The topological polar surface area (TPSA) is 0 Å². The summed E-state index contributed by atoms with van der Waals surface area (Å²) in [6.45, 7) is 16.3. The lowest BCUT2D eigenvalue weighted by atomic mass is 9.48. The lowest BCUT2D eigenvalue weighted by Crippen LogP contribution is -2.49. The lowest BCUT2D eigenvalue weighted by molar-refractivity contribution is -0.0725. The summed E-state index contributed by atoms with van der Waals surface area (Å²) >= 11 is 0. The van der Waals surface area contributed by atoms with Crippen LogP contribution in [0, 0.1) is 59.7 Å². The third-order valence-corrected chi connectivity index (χ3v) is 11.3. The molecule has 0 saturated heterocycles. The molecule has 0 amide bonds. The fraction of sp³-hybridized carbons (Fsp3) is 0.765. The summed E-state index contributed by atoms with van der Waals surface area (Å²) < 4.78 is 0. The molecule has 1 aromatic rings. The highest BCUT2D eigenvalue weighted by molar-refractivity contribution is 5.65. The smallest absolute Gasteiger partial charge is 0.0228 e. The maximum absolute atomic E-state index is 2.73. The van der Waals surface area contributed by atoms with Gasteiger partial charge in [0.05, 0.1) is 0 Å². The van der Waals surface area contributed by atoms with E-state index < -0.39 is 0 Å². The fourth-order valence-electron chi connectivity index (χ4n) is 9.72. The summed E-state index contributed by atoms with van der Waals surface area (Å²) in [7, 11) is 0. The average Bonchev–Trinajstić information content (AvgIpc) is 3.21. The number of hydrogen-bond acceptors (Lipinski definition) is 0. The number of hydrogen-bond donors (Lipinski definition) is 0. The highest BCUT2D eigenvalue weighted by atomic mass is 14.6. The van der Waals surface area contributed by atoms with E-state index >= 15 is 0 Å². The maximum atomic E-state index is 2.73. The normalized spacial score (nSPS) is 40.3. The van der Waals surface area contributed by atoms with Gasteiger partial charge in [-0.15, -0.1) is 0 Å². The van der Waals surface area contributed by atoms with Crippen LogP contribution in [0.3, 0.4) is 0 Å². The summed E-state index contributed by atoms with van der Waals surface area (Å²) in [6, 6.07) is 9.23. The molecule has 0 nitrogen and oxygen atoms in total. The molecular weight excluding hydrogens is 408 g/mol. The fourth-order valence-corrected chi connectivity index (χ4v) is 9.72. The first-order valence-corrected chi connectivity index (χ1v) is 15.1. The van der Waals surface area contributed by atoms with E-state index in [0.29, 0.717) is 5.41 Å². The summed E-state index contributed by atoms with van der Waals surface area (Å²) in [5.74, 6) is 8.01. The second-order valence-electron chi connectivity index (χ2n) is 12.9. The first-order chi connectivity index (χ1) is 16.4. The molecule has 0 bridgehead atoms. The van der Waals surface area contributed by atoms with Crippen LogP contribution in [0.2, 0.25) is 0 Å². The molecule has 0 radical (unpaired) electrons. The maximum Gasteiger partial charge on any atom is -0.0228 e. The second-order valence-corrected chi connectivity index (χ2v) is 12.9. The van der Waals surface area contributed by atoms with Crippen LogP contribution in [-0.4, -0.2) is 0 Å². The molecular formula is C34H54. The Morgan fingerprint density at radius 3 is 2.35 bits per heavy atom. The van der Waals surface area contributed by atoms with E-state index in [-0.39, 0.29) is 0 Å². The van der Waals surface area contributed by atoms with Gasteiger partial charge >= 0.3 is 0 Å². The predicted molar refractivity (Wildman–Crippen MR) is 150 cm³/mol. The van der Waals surface area contributed by atoms with E-state index in [4.69, 9.17) is 0 Å². The lowest BCUT2D eigenvalue weighted by Gasteiger charge is -2.56. The van der Waals surface area contributed by atoms with Gasteiger partial charge < -0.3 is 0 Å². The molecule has 5 rings (SSSR count). The summed E-state index contributed by atoms with van der Waals surface area (Å²) in [5.41, 5.74) is 4.97. The van der Waals surface area contributed by atoms with Crippen molar-refractivity contribution >= 4 is 5.57 Å². The first-order valence-electron chi connectivity index (χ1n) is 15.1. The minimum absolute atomic E-state index is 0.599. The summed E-state index contributed by atoms with van der Waals surface area (Å²) in [5, 5.41) is 0. The van der Waals surface area contributed by atoms with Gasteiger partial charge in [0.25, 0.3) is 0 Å². The number of benzene rings is 1. The van der Waals surface area contributed by atoms with Crippen molar-refractivity contribution in [1.82, 2.24) is 0 Å². The van der Waals surface area contributed by atoms with E-state index in [1.807, 2.05) is 13.8 Å². The van der Waals surface area contributed by atoms with Gasteiger partial charge in [0.15, 0.2) is 0 Å². The molecule has 0 N–H and O–H groups in total. The Bertz CT molecular complexity index is 815. The number of allylic oxidation sites excluding steroid dienone is 2. The minimum Gasteiger partial charge on any atom is -0.0838 e. The van der Waals surface area contributed by atoms with Gasteiger partial charge in [-0.1, -0.05) is 76.9 Å². The van der Waals surface area contributed by atoms with Gasteiger partial charge in [0.1, 0.15) is 0 Å². The largest absolute Gasteiger partial charge is 0.0838 e. The van der Waals surface area contributed by atoms with Gasteiger partial charge in [-0.3, -0.25) is 0 Å². The standard InChI is InChI=1S/C32H48.C2H6/c1-6-24(25-10-7-21(2)8-11-25)20-23(4)30-15-16-31-29-14-12-26-19-22(3)9-13-27(26)28(29)17-18-32(30,31)5;1-2/h6-8,10-11,22-23,26-31H,9,12-20H2,1-5H3;1-2H3/t22-,23?,26?,27-,28+,29+,30?,31-,32?;/m0./s1. The molecule has 1 aromatic carbocycles. The Kier molecular flexibility index (Phi) is 8.36. The van der Waals surface area contributed by atoms with Crippen LogP contribution in [0.4, 0.5) is 0 Å². The predicted octanol–water partition coefficient (Wildman–Crippen LogP) is 10.4. The van der Waals surface area contributed by atoms with E-state index in [9.17, 15) is 0 Å². The zero-order valence-electron chi connectivity index (χ0n) is 23.6. The molecule has 0 aromatic heterocycles. The van der Waals surface area contributed by atoms with Crippen LogP contribution in [0.5, 0.6) is 0 Å². The number of aryl methyl sites for hydroxylation is 1. The van der Waals surface area contributed by atoms with Crippen molar-refractivity contribution in [2.24, 2.45) is 52.8 Å². The van der Waals surface area contributed by atoms with Crippen molar-refractivity contribution < 1.29 is 0 Å². The van der Waals surface area contributed by atoms with Gasteiger partial charge in [0.2, 0.25) is 0 Å². The number of fused-ring (bicyclic) bond motifs is 5. The molecule has 0 aliphatic heterocycles. The van der Waals surface area contributed by atoms with Crippen molar-refractivity contribution in [3.05, 3.63) is 41.5 Å². The Balaban J connectivity index is 0.00000133. The second kappa shape index (κ2) is 10.9. The third-order valence-electron chi connectivity index (χ3n) is 11.3. The molecule has 0 spiro atoms. The molecule has 4 aliphatic rings. The van der Waals surface area contributed by atoms with Crippen molar-refractivity contribution in [3.8, 4) is 0 Å². The van der Waals surface area contributed by atoms with E-state index in [1.54, 1.807) is 37.7 Å². The molecule has 34 heavy (non-hydrogen) atoms. The Labute approximate surface area is 212 Å². The van der Waals surface area contributed by atoms with Crippen LogP contribution < -0.4 is 0 Å². The first kappa shape index (κ1) is 26.0.